The fourth-order valence-corrected chi connectivity index (χ4v) is 5.66. The number of nitrogens with zero attached hydrogens (tertiary/aromatic N) is 1. The molecule has 0 spiro atoms. The number of carbonyl (C=O) groups excluding carboxylic acids is 1. The van der Waals surface area contributed by atoms with Gasteiger partial charge in [-0.15, -0.1) is 11.8 Å². The van der Waals surface area contributed by atoms with Crippen LogP contribution in [-0.4, -0.2) is 32.7 Å². The molecule has 1 aliphatic heterocycles. The molecule has 1 amide bonds. The molecule has 0 saturated heterocycles. The summed E-state index contributed by atoms with van der Waals surface area (Å²) in [5.41, 5.74) is 0.719. The van der Waals surface area contributed by atoms with Crippen molar-refractivity contribution in [1.82, 2.24) is 4.72 Å². The fraction of sp³-hybridized carbons (Fsp3) is 0.588. The highest BCUT2D eigenvalue weighted by Gasteiger charge is 2.25. The molecule has 1 heterocycles. The normalized spacial score (nSPS) is 19.6. The van der Waals surface area contributed by atoms with E-state index in [2.05, 4.69) is 4.72 Å². The number of thioether (sulfide) groups is 1. The van der Waals surface area contributed by atoms with Crippen molar-refractivity contribution in [3.05, 3.63) is 18.2 Å². The maximum Gasteiger partial charge on any atom is 0.240 e. The number of benzene rings is 1. The van der Waals surface area contributed by atoms with Crippen molar-refractivity contribution in [2.24, 2.45) is 0 Å². The van der Waals surface area contributed by atoms with E-state index in [0.717, 1.165) is 48.4 Å². The molecule has 0 atom stereocenters. The molecule has 1 aliphatic carbocycles. The lowest BCUT2D eigenvalue weighted by Gasteiger charge is -2.24. The van der Waals surface area contributed by atoms with Gasteiger partial charge in [-0.2, -0.15) is 0 Å². The third-order valence-electron chi connectivity index (χ3n) is 4.62. The summed E-state index contributed by atoms with van der Waals surface area (Å²) in [5.74, 6) is 0.886. The van der Waals surface area contributed by atoms with Crippen molar-refractivity contribution in [1.29, 1.82) is 0 Å². The van der Waals surface area contributed by atoms with Gasteiger partial charge in [-0.25, -0.2) is 13.1 Å². The topological polar surface area (TPSA) is 66.5 Å². The van der Waals surface area contributed by atoms with Crippen LogP contribution in [0.3, 0.4) is 0 Å². The zero-order valence-corrected chi connectivity index (χ0v) is 15.6. The van der Waals surface area contributed by atoms with Gasteiger partial charge in [-0.3, -0.25) is 4.79 Å². The zero-order chi connectivity index (χ0) is 17.2. The summed E-state index contributed by atoms with van der Waals surface area (Å²) in [7, 11) is -3.55. The van der Waals surface area contributed by atoms with Crippen LogP contribution in [0.15, 0.2) is 28.0 Å². The van der Waals surface area contributed by atoms with Crippen LogP contribution < -0.4 is 9.62 Å². The molecule has 0 bridgehead atoms. The first-order valence-corrected chi connectivity index (χ1v) is 11.0. The predicted octanol–water partition coefficient (Wildman–Crippen LogP) is 3.15. The monoisotopic (exact) mass is 368 g/mol. The van der Waals surface area contributed by atoms with E-state index < -0.39 is 10.0 Å². The molecule has 24 heavy (non-hydrogen) atoms. The quantitative estimate of drug-likeness (QED) is 0.890. The Morgan fingerprint density at radius 1 is 1.21 bits per heavy atom. The summed E-state index contributed by atoms with van der Waals surface area (Å²) in [5, 5.41) is 0. The molecule has 132 valence electrons. The predicted molar refractivity (Wildman–Crippen MR) is 97.0 cm³/mol. The molecule has 1 aromatic carbocycles. The lowest BCUT2D eigenvalue weighted by Crippen LogP contribution is -2.36. The SMILES string of the molecule is CC(=O)N1CCCSc2ccc(S(=O)(=O)NC3CCCCC3)cc21. The molecular formula is C17H24N2O3S2. The van der Waals surface area contributed by atoms with Crippen LogP contribution in [0.4, 0.5) is 5.69 Å². The number of hydrogen-bond acceptors (Lipinski definition) is 4. The summed E-state index contributed by atoms with van der Waals surface area (Å²) >= 11 is 1.68. The lowest BCUT2D eigenvalue weighted by molar-refractivity contribution is -0.116. The summed E-state index contributed by atoms with van der Waals surface area (Å²) in [4.78, 5) is 14.9. The first kappa shape index (κ1) is 17.8. The van der Waals surface area contributed by atoms with Crippen molar-refractivity contribution in [3.8, 4) is 0 Å². The molecule has 0 aromatic heterocycles. The summed E-state index contributed by atoms with van der Waals surface area (Å²) < 4.78 is 28.3. The molecule has 0 unspecified atom stereocenters. The number of carbonyl (C=O) groups is 1. The van der Waals surface area contributed by atoms with Gasteiger partial charge < -0.3 is 4.90 Å². The van der Waals surface area contributed by atoms with E-state index in [-0.39, 0.29) is 16.8 Å². The average molecular weight is 369 g/mol. The zero-order valence-electron chi connectivity index (χ0n) is 14.0. The first-order valence-electron chi connectivity index (χ1n) is 8.55. The van der Waals surface area contributed by atoms with Crippen LogP contribution in [0.1, 0.15) is 45.4 Å². The van der Waals surface area contributed by atoms with Crippen molar-refractivity contribution in [2.75, 3.05) is 17.2 Å². The van der Waals surface area contributed by atoms with Crippen LogP contribution in [0.25, 0.3) is 0 Å². The van der Waals surface area contributed by atoms with E-state index in [1.807, 2.05) is 6.07 Å². The Balaban J connectivity index is 1.89. The van der Waals surface area contributed by atoms with Crippen LogP contribution in [0, 0.1) is 0 Å². The molecule has 3 rings (SSSR count). The van der Waals surface area contributed by atoms with Crippen LogP contribution >= 0.6 is 11.8 Å². The van der Waals surface area contributed by atoms with Gasteiger partial charge in [-0.1, -0.05) is 19.3 Å². The third kappa shape index (κ3) is 3.95. The minimum atomic E-state index is -3.55. The molecule has 0 radical (unpaired) electrons. The molecule has 5 nitrogen and oxygen atoms in total. The standard InChI is InChI=1S/C17H24N2O3S2/c1-13(20)19-10-5-11-23-17-9-8-15(12-16(17)19)24(21,22)18-14-6-3-2-4-7-14/h8-9,12,14,18H,2-7,10-11H2,1H3. The highest BCUT2D eigenvalue weighted by molar-refractivity contribution is 7.99. The van der Waals surface area contributed by atoms with Gasteiger partial charge in [0, 0.05) is 24.4 Å². The van der Waals surface area contributed by atoms with E-state index in [1.54, 1.807) is 28.8 Å². The van der Waals surface area contributed by atoms with Gasteiger partial charge in [0.2, 0.25) is 15.9 Å². The molecule has 1 aromatic rings. The maximum atomic E-state index is 12.7. The second-order valence-electron chi connectivity index (χ2n) is 6.46. The number of sulfonamides is 1. The van der Waals surface area contributed by atoms with Crippen molar-refractivity contribution in [3.63, 3.8) is 0 Å². The molecule has 2 aliphatic rings. The number of rotatable bonds is 3. The molecule has 1 fully saturated rings. The Hall–Kier alpha value is -1.05. The van der Waals surface area contributed by atoms with Gasteiger partial charge in [0.25, 0.3) is 0 Å². The summed E-state index contributed by atoms with van der Waals surface area (Å²) in [6.07, 6.45) is 6.04. The van der Waals surface area contributed by atoms with Gasteiger partial charge in [0.1, 0.15) is 0 Å². The minimum absolute atomic E-state index is 0.0286. The highest BCUT2D eigenvalue weighted by atomic mass is 32.2. The van der Waals surface area contributed by atoms with Crippen LogP contribution in [0.2, 0.25) is 0 Å². The summed E-state index contributed by atoms with van der Waals surface area (Å²) in [6, 6.07) is 5.17. The van der Waals surface area contributed by atoms with Crippen molar-refractivity contribution < 1.29 is 13.2 Å². The van der Waals surface area contributed by atoms with Crippen molar-refractivity contribution >= 4 is 33.4 Å². The Bertz CT molecular complexity index is 713. The van der Waals surface area contributed by atoms with Crippen LogP contribution in [0.5, 0.6) is 0 Å². The lowest BCUT2D eigenvalue weighted by atomic mass is 9.96. The molecule has 1 saturated carbocycles. The Morgan fingerprint density at radius 3 is 2.67 bits per heavy atom. The molecule has 1 N–H and O–H groups in total. The minimum Gasteiger partial charge on any atom is -0.311 e. The third-order valence-corrected chi connectivity index (χ3v) is 7.29. The number of fused-ring (bicyclic) bond motifs is 1. The van der Waals surface area contributed by atoms with E-state index in [0.29, 0.717) is 6.54 Å². The maximum absolute atomic E-state index is 12.7. The molecular weight excluding hydrogens is 344 g/mol. The number of amides is 1. The molecule has 7 heteroatoms. The summed E-state index contributed by atoms with van der Waals surface area (Å²) in [6.45, 7) is 2.16. The number of nitrogens with one attached hydrogen (secondary N) is 1. The highest BCUT2D eigenvalue weighted by Crippen LogP contribution is 2.35. The largest absolute Gasteiger partial charge is 0.311 e. The van der Waals surface area contributed by atoms with E-state index >= 15 is 0 Å². The average Bonchev–Trinajstić information content (AvgIpc) is 2.77. The number of hydrogen-bond donors (Lipinski definition) is 1. The Morgan fingerprint density at radius 2 is 1.96 bits per heavy atom. The second-order valence-corrected chi connectivity index (χ2v) is 9.31. The van der Waals surface area contributed by atoms with Crippen LogP contribution in [-0.2, 0) is 14.8 Å². The smallest absolute Gasteiger partial charge is 0.240 e. The van der Waals surface area contributed by atoms with Gasteiger partial charge in [-0.05, 0) is 43.2 Å². The number of anilines is 1. The van der Waals surface area contributed by atoms with Crippen molar-refractivity contribution in [2.45, 2.75) is 61.3 Å². The van der Waals surface area contributed by atoms with E-state index in [1.165, 1.54) is 13.3 Å². The second kappa shape index (κ2) is 7.45. The van der Waals surface area contributed by atoms with Gasteiger partial charge in [0.05, 0.1) is 10.6 Å². The Kier molecular flexibility index (Phi) is 5.52. The van der Waals surface area contributed by atoms with Gasteiger partial charge >= 0.3 is 0 Å². The van der Waals surface area contributed by atoms with E-state index in [4.69, 9.17) is 0 Å². The van der Waals surface area contributed by atoms with Gasteiger partial charge in [0.15, 0.2) is 0 Å². The van der Waals surface area contributed by atoms with E-state index in [9.17, 15) is 13.2 Å². The first-order chi connectivity index (χ1) is 11.5. The fourth-order valence-electron chi connectivity index (χ4n) is 3.36. The Labute approximate surface area is 148 Å².